The Morgan fingerprint density at radius 3 is 1.42 bits per heavy atom. The van der Waals surface area contributed by atoms with Gasteiger partial charge in [-0.2, -0.15) is 0 Å². The van der Waals surface area contributed by atoms with E-state index in [1.807, 2.05) is 44.3 Å². The third-order valence-electron chi connectivity index (χ3n) is 12.4. The standard InChI is InChI=1S/C19H25N3O2.C14H18N2O4.C14H20N2O2.C7H7ClN2O2.C6H3Cl2NO2/c1-3-4-12-24-17(23)9-7-14-6-8-15-16(13-14)22(2)18(21-15)19(20)10-5-11-19;1-3-4-9-20-14(17)8-6-11-5-7-13(16(18)19)12(10-11)15-2;1-3-4-9-18-14(17)8-6-11-5-7-12(15)13(10-11)16-2;1-9-6-4-5(8)2-3-7(6)10(11)12;7-4-1-2-6(9(10)11)5(8)3-4/h6-9,13H,3-5,10-12,20H2,1-2H3;5-8,10,15H,3-4,9H2,1-2H3;5-8,10,16H,3-4,9,15H2,1-2H3;2-4,9H,1H3;1-3H/b9-7+;2*8-6+;;. The lowest BCUT2D eigenvalue weighted by Crippen LogP contribution is -2.45. The van der Waals surface area contributed by atoms with Crippen molar-refractivity contribution in [3.05, 3.63) is 177 Å². The van der Waals surface area contributed by atoms with Gasteiger partial charge in [0.2, 0.25) is 0 Å². The summed E-state index contributed by atoms with van der Waals surface area (Å²) in [5.74, 6) is -0.0810. The average Bonchev–Trinajstić information content (AvgIpc) is 2.33. The molecule has 0 radical (unpaired) electrons. The molecule has 0 bridgehead atoms. The molecule has 0 saturated heterocycles. The molecule has 22 nitrogen and oxygen atoms in total. The van der Waals surface area contributed by atoms with E-state index >= 15 is 0 Å². The van der Waals surface area contributed by atoms with Gasteiger partial charge in [0.15, 0.2) is 0 Å². The average molecular weight is 1230 g/mol. The number of fused-ring (bicyclic) bond motifs is 1. The number of carbonyl (C=O) groups is 3. The lowest BCUT2D eigenvalue weighted by Gasteiger charge is -2.37. The van der Waals surface area contributed by atoms with E-state index in [2.05, 4.69) is 34.4 Å². The van der Waals surface area contributed by atoms with E-state index in [9.17, 15) is 44.7 Å². The minimum absolute atomic E-state index is 0.00447. The summed E-state index contributed by atoms with van der Waals surface area (Å²) in [6.07, 6.45) is 18.0. The Morgan fingerprint density at radius 2 is 1.00 bits per heavy atom. The summed E-state index contributed by atoms with van der Waals surface area (Å²) in [6.45, 7) is 7.49. The van der Waals surface area contributed by atoms with Gasteiger partial charge < -0.3 is 46.2 Å². The zero-order valence-corrected chi connectivity index (χ0v) is 50.8. The van der Waals surface area contributed by atoms with E-state index in [1.165, 1.54) is 60.7 Å². The minimum atomic E-state index is -0.557. The summed E-state index contributed by atoms with van der Waals surface area (Å²) >= 11 is 16.7. The molecule has 1 aliphatic rings. The number of esters is 3. The predicted molar refractivity (Wildman–Crippen MR) is 339 cm³/mol. The maximum absolute atomic E-state index is 11.7. The molecule has 7 N–H and O–H groups in total. The van der Waals surface area contributed by atoms with Crippen molar-refractivity contribution in [1.82, 2.24) is 9.55 Å². The molecule has 456 valence electrons. The normalized spacial score (nSPS) is 11.9. The summed E-state index contributed by atoms with van der Waals surface area (Å²) in [7, 11) is 7.02. The van der Waals surface area contributed by atoms with E-state index in [0.717, 1.165) is 91.5 Å². The monoisotopic (exact) mass is 1230 g/mol. The van der Waals surface area contributed by atoms with Gasteiger partial charge in [0.1, 0.15) is 22.2 Å². The minimum Gasteiger partial charge on any atom is -0.463 e. The fourth-order valence-corrected chi connectivity index (χ4v) is 8.18. The van der Waals surface area contributed by atoms with Crippen LogP contribution in [0.25, 0.3) is 29.3 Å². The van der Waals surface area contributed by atoms with Crippen LogP contribution in [0.1, 0.15) is 101 Å². The van der Waals surface area contributed by atoms with Gasteiger partial charge in [-0.3, -0.25) is 30.3 Å². The van der Waals surface area contributed by atoms with Crippen molar-refractivity contribution in [3.63, 3.8) is 0 Å². The van der Waals surface area contributed by atoms with Gasteiger partial charge in [-0.25, -0.2) is 19.4 Å². The number of nitrogen functional groups attached to an aromatic ring is 1. The van der Waals surface area contributed by atoms with Crippen molar-refractivity contribution in [2.75, 3.05) is 62.6 Å². The third-order valence-corrected chi connectivity index (χ3v) is 13.2. The van der Waals surface area contributed by atoms with Crippen LogP contribution in [0, 0.1) is 30.3 Å². The molecule has 25 heteroatoms. The van der Waals surface area contributed by atoms with Crippen LogP contribution >= 0.6 is 34.8 Å². The SMILES string of the molecule is CCCCOC(=O)/C=C/c1ccc(N)c(NC)c1.CCCCOC(=O)/C=C/c1ccc([N+](=O)[O-])c(NC)c1.CCCCOC(=O)/C=C/c1ccc2nc(C3(N)CCC3)n(C)c2c1.CNc1cc(Cl)ccc1[N+](=O)[O-].O=[N+]([O-])c1ccc(Cl)cc1Cl. The first kappa shape index (κ1) is 70.7. The van der Waals surface area contributed by atoms with Gasteiger partial charge in [0.05, 0.1) is 62.5 Å². The molecule has 85 heavy (non-hydrogen) atoms. The molecule has 0 atom stereocenters. The maximum atomic E-state index is 11.7. The van der Waals surface area contributed by atoms with Gasteiger partial charge >= 0.3 is 17.9 Å². The van der Waals surface area contributed by atoms with Crippen LogP contribution in [0.4, 0.5) is 39.8 Å². The number of nitrogens with zero attached hydrogens (tertiary/aromatic N) is 5. The molecule has 5 aromatic carbocycles. The van der Waals surface area contributed by atoms with Crippen LogP contribution in [0.2, 0.25) is 15.1 Å². The lowest BCUT2D eigenvalue weighted by atomic mass is 9.77. The summed E-state index contributed by atoms with van der Waals surface area (Å²) in [6, 6.07) is 24.5. The molecule has 0 spiro atoms. The van der Waals surface area contributed by atoms with E-state index in [-0.39, 0.29) is 39.6 Å². The number of nitrogens with two attached hydrogens (primary N) is 2. The highest BCUT2D eigenvalue weighted by atomic mass is 35.5. The Kier molecular flexibility index (Phi) is 30.7. The second kappa shape index (κ2) is 36.9. The van der Waals surface area contributed by atoms with Crippen LogP contribution in [-0.2, 0) is 41.2 Å². The van der Waals surface area contributed by atoms with Crippen LogP contribution in [-0.4, -0.2) is 83.2 Å². The van der Waals surface area contributed by atoms with Gasteiger partial charge in [-0.05, 0) is 134 Å². The Labute approximate surface area is 509 Å². The van der Waals surface area contributed by atoms with Gasteiger partial charge in [-0.1, -0.05) is 87.0 Å². The highest BCUT2D eigenvalue weighted by Gasteiger charge is 2.38. The zero-order valence-electron chi connectivity index (χ0n) is 48.5. The van der Waals surface area contributed by atoms with E-state index in [0.29, 0.717) is 52.5 Å². The third kappa shape index (κ3) is 23.9. The number of ether oxygens (including phenoxy) is 3. The van der Waals surface area contributed by atoms with Crippen molar-refractivity contribution < 1.29 is 43.4 Å². The van der Waals surface area contributed by atoms with E-state index in [4.69, 9.17) is 65.5 Å². The topological polar surface area (TPSA) is 314 Å². The highest BCUT2D eigenvalue weighted by molar-refractivity contribution is 6.36. The summed E-state index contributed by atoms with van der Waals surface area (Å²) in [5.41, 5.74) is 18.6. The number of nitro groups is 3. The van der Waals surface area contributed by atoms with Crippen molar-refractivity contribution in [1.29, 1.82) is 0 Å². The maximum Gasteiger partial charge on any atom is 0.330 e. The zero-order chi connectivity index (χ0) is 63.1. The number of hydrogen-bond donors (Lipinski definition) is 5. The summed E-state index contributed by atoms with van der Waals surface area (Å²) in [4.78, 5) is 69.1. The number of aromatic nitrogens is 2. The number of nitrogens with one attached hydrogen (secondary N) is 3. The largest absolute Gasteiger partial charge is 0.463 e. The first-order valence-electron chi connectivity index (χ1n) is 27.1. The number of rotatable bonds is 22. The van der Waals surface area contributed by atoms with E-state index in [1.54, 1.807) is 57.6 Å². The number of unbranched alkanes of at least 4 members (excludes halogenated alkanes) is 3. The van der Waals surface area contributed by atoms with Crippen molar-refractivity contribution >= 4 is 122 Å². The molecule has 1 saturated carbocycles. The molecule has 6 aromatic rings. The van der Waals surface area contributed by atoms with Crippen LogP contribution < -0.4 is 27.4 Å². The van der Waals surface area contributed by atoms with Crippen molar-refractivity contribution in [2.45, 2.75) is 84.1 Å². The Hall–Kier alpha value is -8.57. The molecular formula is C60H73Cl3N10O12. The van der Waals surface area contributed by atoms with Gasteiger partial charge in [-0.15, -0.1) is 0 Å². The number of anilines is 4. The number of aryl methyl sites for hydroxylation is 1. The fraction of sp³-hybridized carbons (Fsp3) is 0.333. The highest BCUT2D eigenvalue weighted by Crippen LogP contribution is 2.39. The molecule has 0 amide bonds. The molecule has 7 rings (SSSR count). The fourth-order valence-electron chi connectivity index (χ4n) is 7.53. The van der Waals surface area contributed by atoms with Crippen molar-refractivity contribution in [3.8, 4) is 0 Å². The molecule has 1 fully saturated rings. The van der Waals surface area contributed by atoms with Crippen LogP contribution in [0.5, 0.6) is 0 Å². The number of benzene rings is 5. The molecule has 1 heterocycles. The van der Waals surface area contributed by atoms with Crippen molar-refractivity contribution in [2.24, 2.45) is 12.8 Å². The first-order chi connectivity index (χ1) is 40.5. The molecule has 1 aromatic heterocycles. The smallest absolute Gasteiger partial charge is 0.330 e. The van der Waals surface area contributed by atoms with Crippen LogP contribution in [0.3, 0.4) is 0 Å². The van der Waals surface area contributed by atoms with Gasteiger partial charge in [0.25, 0.3) is 17.1 Å². The Balaban J connectivity index is 0.000000286. The summed E-state index contributed by atoms with van der Waals surface area (Å²) < 4.78 is 17.2. The number of halogens is 3. The van der Waals surface area contributed by atoms with Gasteiger partial charge in [0, 0.05) is 74.7 Å². The Bertz CT molecular complexity index is 3310. The second-order valence-corrected chi connectivity index (χ2v) is 20.0. The molecule has 1 aliphatic carbocycles. The first-order valence-corrected chi connectivity index (χ1v) is 28.2. The molecular weight excluding hydrogens is 1160 g/mol. The predicted octanol–water partition coefficient (Wildman–Crippen LogP) is 14.1. The Morgan fingerprint density at radius 1 is 0.600 bits per heavy atom. The number of imidazole rings is 1. The number of hydrogen-bond acceptors (Lipinski definition) is 18. The molecule has 0 unspecified atom stereocenters. The van der Waals surface area contributed by atoms with Crippen LogP contribution in [0.15, 0.2) is 109 Å². The second-order valence-electron chi connectivity index (χ2n) is 18.7. The van der Waals surface area contributed by atoms with E-state index < -0.39 is 20.7 Å². The molecule has 0 aliphatic heterocycles. The quantitative estimate of drug-likeness (QED) is 0.00802. The summed E-state index contributed by atoms with van der Waals surface area (Å²) in [5, 5.41) is 40.8. The number of nitro benzene ring substituents is 3. The lowest BCUT2D eigenvalue weighted by molar-refractivity contribution is -0.384. The number of carbonyl (C=O) groups excluding carboxylic acids is 3.